The van der Waals surface area contributed by atoms with Crippen LogP contribution in [-0.4, -0.2) is 50.0 Å². The van der Waals surface area contributed by atoms with Crippen LogP contribution >= 0.6 is 0 Å². The van der Waals surface area contributed by atoms with Gasteiger partial charge in [0, 0.05) is 12.6 Å². The molecule has 1 aliphatic rings. The molecule has 2 amide bonds. The SMILES string of the molecule is Cc1cccc(N(CC(=O)N(Cc2ccccc2)C(C)C(=O)NC2CCCC2)S(C)(=O)=O)c1. The molecule has 2 aromatic rings. The van der Waals surface area contributed by atoms with Gasteiger partial charge in [-0.05, 0) is 49.9 Å². The lowest BCUT2D eigenvalue weighted by molar-refractivity contribution is -0.139. The first kappa shape index (κ1) is 24.8. The van der Waals surface area contributed by atoms with E-state index in [1.807, 2.05) is 43.3 Å². The summed E-state index contributed by atoms with van der Waals surface area (Å²) < 4.78 is 26.2. The minimum absolute atomic E-state index is 0.133. The van der Waals surface area contributed by atoms with E-state index in [1.54, 1.807) is 25.1 Å². The average Bonchev–Trinajstić information content (AvgIpc) is 3.28. The smallest absolute Gasteiger partial charge is 0.244 e. The van der Waals surface area contributed by atoms with Crippen molar-refractivity contribution in [3.8, 4) is 0 Å². The van der Waals surface area contributed by atoms with Gasteiger partial charge in [-0.1, -0.05) is 55.3 Å². The van der Waals surface area contributed by atoms with Crippen molar-refractivity contribution in [2.24, 2.45) is 0 Å². The van der Waals surface area contributed by atoms with E-state index in [4.69, 9.17) is 0 Å². The van der Waals surface area contributed by atoms with E-state index >= 15 is 0 Å². The molecule has 1 atom stereocenters. The van der Waals surface area contributed by atoms with E-state index in [0.717, 1.165) is 47.4 Å². The lowest BCUT2D eigenvalue weighted by Gasteiger charge is -2.32. The Morgan fingerprint density at radius 3 is 2.33 bits per heavy atom. The Morgan fingerprint density at radius 1 is 1.06 bits per heavy atom. The van der Waals surface area contributed by atoms with Crippen LogP contribution in [0.4, 0.5) is 5.69 Å². The molecule has 1 unspecified atom stereocenters. The lowest BCUT2D eigenvalue weighted by Crippen LogP contribution is -2.52. The highest BCUT2D eigenvalue weighted by atomic mass is 32.2. The summed E-state index contributed by atoms with van der Waals surface area (Å²) in [5.41, 5.74) is 2.18. The van der Waals surface area contributed by atoms with Gasteiger partial charge in [0.15, 0.2) is 0 Å². The molecule has 0 spiro atoms. The predicted molar refractivity (Wildman–Crippen MR) is 130 cm³/mol. The first-order valence-electron chi connectivity index (χ1n) is 11.3. The van der Waals surface area contributed by atoms with E-state index in [9.17, 15) is 18.0 Å². The number of sulfonamides is 1. The molecule has 8 heteroatoms. The van der Waals surface area contributed by atoms with Crippen LogP contribution in [0.5, 0.6) is 0 Å². The Balaban J connectivity index is 1.85. The average molecular weight is 472 g/mol. The fraction of sp³-hybridized carbons (Fsp3) is 0.440. The zero-order valence-electron chi connectivity index (χ0n) is 19.5. The van der Waals surface area contributed by atoms with Crippen molar-refractivity contribution in [3.63, 3.8) is 0 Å². The Labute approximate surface area is 196 Å². The van der Waals surface area contributed by atoms with Gasteiger partial charge in [0.2, 0.25) is 21.8 Å². The molecular weight excluding hydrogens is 438 g/mol. The highest BCUT2D eigenvalue weighted by Crippen LogP contribution is 2.21. The highest BCUT2D eigenvalue weighted by molar-refractivity contribution is 7.92. The van der Waals surface area contributed by atoms with Crippen LogP contribution in [0.3, 0.4) is 0 Å². The fourth-order valence-electron chi connectivity index (χ4n) is 4.15. The van der Waals surface area contributed by atoms with Crippen LogP contribution < -0.4 is 9.62 Å². The Kier molecular flexibility index (Phi) is 8.13. The molecule has 33 heavy (non-hydrogen) atoms. The topological polar surface area (TPSA) is 86.8 Å². The van der Waals surface area contributed by atoms with E-state index in [-0.39, 0.29) is 25.0 Å². The molecule has 0 aromatic heterocycles. The van der Waals surface area contributed by atoms with Crippen LogP contribution in [0, 0.1) is 6.92 Å². The van der Waals surface area contributed by atoms with Gasteiger partial charge in [-0.15, -0.1) is 0 Å². The molecule has 1 fully saturated rings. The maximum Gasteiger partial charge on any atom is 0.244 e. The standard InChI is InChI=1S/C25H33N3O4S/c1-19-10-9-15-23(16-19)28(33(3,31)32)18-24(29)27(17-21-11-5-4-6-12-21)20(2)25(30)26-22-13-7-8-14-22/h4-6,9-12,15-16,20,22H,7-8,13-14,17-18H2,1-3H3,(H,26,30). The third-order valence-corrected chi connectivity index (χ3v) is 7.17. The molecular formula is C25H33N3O4S. The monoisotopic (exact) mass is 471 g/mol. The summed E-state index contributed by atoms with van der Waals surface area (Å²) in [7, 11) is -3.72. The molecule has 7 nitrogen and oxygen atoms in total. The van der Waals surface area contributed by atoms with Crippen molar-refractivity contribution in [3.05, 3.63) is 65.7 Å². The van der Waals surface area contributed by atoms with Gasteiger partial charge < -0.3 is 10.2 Å². The first-order valence-corrected chi connectivity index (χ1v) is 13.2. The molecule has 2 aromatic carbocycles. The van der Waals surface area contributed by atoms with Crippen molar-refractivity contribution in [2.45, 2.75) is 58.2 Å². The van der Waals surface area contributed by atoms with Crippen molar-refractivity contribution < 1.29 is 18.0 Å². The summed E-state index contributed by atoms with van der Waals surface area (Å²) in [6.45, 7) is 3.39. The van der Waals surface area contributed by atoms with Crippen molar-refractivity contribution in [1.29, 1.82) is 0 Å². The van der Waals surface area contributed by atoms with Gasteiger partial charge in [-0.25, -0.2) is 8.42 Å². The number of anilines is 1. The molecule has 3 rings (SSSR count). The molecule has 0 bridgehead atoms. The highest BCUT2D eigenvalue weighted by Gasteiger charge is 2.31. The quantitative estimate of drug-likeness (QED) is 0.608. The zero-order chi connectivity index (χ0) is 24.0. The van der Waals surface area contributed by atoms with E-state index in [2.05, 4.69) is 5.32 Å². The van der Waals surface area contributed by atoms with Gasteiger partial charge >= 0.3 is 0 Å². The number of carbonyl (C=O) groups excluding carboxylic acids is 2. The number of benzene rings is 2. The van der Waals surface area contributed by atoms with Gasteiger partial charge in [-0.3, -0.25) is 13.9 Å². The minimum Gasteiger partial charge on any atom is -0.352 e. The largest absolute Gasteiger partial charge is 0.352 e. The fourth-order valence-corrected chi connectivity index (χ4v) is 4.99. The summed E-state index contributed by atoms with van der Waals surface area (Å²) in [5, 5.41) is 3.06. The maximum absolute atomic E-state index is 13.5. The van der Waals surface area contributed by atoms with E-state index < -0.39 is 22.0 Å². The zero-order valence-corrected chi connectivity index (χ0v) is 20.3. The number of hydrogen-bond acceptors (Lipinski definition) is 4. The van der Waals surface area contributed by atoms with E-state index in [1.165, 1.54) is 4.90 Å². The van der Waals surface area contributed by atoms with Gasteiger partial charge in [0.05, 0.1) is 11.9 Å². The third kappa shape index (κ3) is 6.81. The molecule has 0 saturated heterocycles. The van der Waals surface area contributed by atoms with Crippen LogP contribution in [0.15, 0.2) is 54.6 Å². The first-order chi connectivity index (χ1) is 15.6. The Morgan fingerprint density at radius 2 is 1.73 bits per heavy atom. The number of nitrogens with zero attached hydrogens (tertiary/aromatic N) is 2. The van der Waals surface area contributed by atoms with Crippen molar-refractivity contribution in [2.75, 3.05) is 17.1 Å². The molecule has 0 radical (unpaired) electrons. The van der Waals surface area contributed by atoms with Crippen LogP contribution in [0.25, 0.3) is 0 Å². The number of rotatable bonds is 9. The number of hydrogen-bond donors (Lipinski definition) is 1. The molecule has 0 heterocycles. The summed E-state index contributed by atoms with van der Waals surface area (Å²) >= 11 is 0. The van der Waals surface area contributed by atoms with Crippen LogP contribution in [-0.2, 0) is 26.2 Å². The van der Waals surface area contributed by atoms with Gasteiger partial charge in [0.1, 0.15) is 12.6 Å². The number of nitrogens with one attached hydrogen (secondary N) is 1. The second-order valence-corrected chi connectivity index (χ2v) is 10.7. The Hall–Kier alpha value is -2.87. The predicted octanol–water partition coefficient (Wildman–Crippen LogP) is 3.24. The molecule has 1 aliphatic carbocycles. The minimum atomic E-state index is -3.72. The number of amides is 2. The second-order valence-electron chi connectivity index (χ2n) is 8.78. The molecule has 1 saturated carbocycles. The van der Waals surface area contributed by atoms with Crippen LogP contribution in [0.1, 0.15) is 43.7 Å². The normalized spacial score (nSPS) is 15.1. The third-order valence-electron chi connectivity index (χ3n) is 6.03. The molecule has 178 valence electrons. The van der Waals surface area contributed by atoms with Gasteiger partial charge in [0.25, 0.3) is 0 Å². The molecule has 0 aliphatic heterocycles. The molecule has 1 N–H and O–H groups in total. The summed E-state index contributed by atoms with van der Waals surface area (Å²) in [6.07, 6.45) is 5.15. The Bertz CT molecular complexity index is 1070. The van der Waals surface area contributed by atoms with Crippen molar-refractivity contribution >= 4 is 27.5 Å². The second kappa shape index (κ2) is 10.8. The van der Waals surface area contributed by atoms with Gasteiger partial charge in [-0.2, -0.15) is 0 Å². The lowest BCUT2D eigenvalue weighted by atomic mass is 10.1. The number of carbonyl (C=O) groups is 2. The maximum atomic E-state index is 13.5. The summed E-state index contributed by atoms with van der Waals surface area (Å²) in [6, 6.07) is 15.8. The summed E-state index contributed by atoms with van der Waals surface area (Å²) in [4.78, 5) is 27.9. The van der Waals surface area contributed by atoms with Crippen LogP contribution in [0.2, 0.25) is 0 Å². The number of aryl methyl sites for hydroxylation is 1. The van der Waals surface area contributed by atoms with E-state index in [0.29, 0.717) is 5.69 Å². The van der Waals surface area contributed by atoms with Crippen molar-refractivity contribution in [1.82, 2.24) is 10.2 Å². The summed E-state index contributed by atoms with van der Waals surface area (Å²) in [5.74, 6) is -0.646.